The molecular weight excluding hydrogens is 234 g/mol. The Labute approximate surface area is 108 Å². The normalized spacial score (nSPS) is 19.9. The Morgan fingerprint density at radius 3 is 2.41 bits per heavy atom. The molecule has 1 aromatic heterocycles. The topological polar surface area (TPSA) is 24.9 Å². The summed E-state index contributed by atoms with van der Waals surface area (Å²) in [6.07, 6.45) is 7.12. The quantitative estimate of drug-likeness (QED) is 0.648. The number of rotatable bonds is 2. The van der Waals surface area contributed by atoms with Gasteiger partial charge in [-0.1, -0.05) is 11.6 Å². The van der Waals surface area contributed by atoms with Gasteiger partial charge in [-0.2, -0.15) is 5.43 Å². The third kappa shape index (κ3) is 2.62. The number of nitrogens with one attached hydrogen (secondary N) is 1. The Morgan fingerprint density at radius 2 is 1.88 bits per heavy atom. The van der Waals surface area contributed by atoms with E-state index in [0.717, 1.165) is 23.2 Å². The molecule has 4 heteroatoms. The molecule has 1 fully saturated rings. The fourth-order valence-corrected chi connectivity index (χ4v) is 2.72. The van der Waals surface area contributed by atoms with Crippen LogP contribution in [0, 0.1) is 6.92 Å². The molecule has 1 aliphatic heterocycles. The van der Waals surface area contributed by atoms with Gasteiger partial charge >= 0.3 is 0 Å². The van der Waals surface area contributed by atoms with E-state index >= 15 is 0 Å². The van der Waals surface area contributed by atoms with Crippen LogP contribution in [0.3, 0.4) is 0 Å². The van der Waals surface area contributed by atoms with Crippen LogP contribution in [0.4, 0.5) is 5.69 Å². The first-order chi connectivity index (χ1) is 8.18. The van der Waals surface area contributed by atoms with Crippen molar-refractivity contribution in [2.75, 3.05) is 20.1 Å². The minimum Gasteiger partial charge on any atom is -0.238 e. The van der Waals surface area contributed by atoms with Gasteiger partial charge < -0.3 is 0 Å². The maximum Gasteiger partial charge on any atom is 0.171 e. The van der Waals surface area contributed by atoms with Crippen molar-refractivity contribution >= 4 is 17.3 Å². The molecule has 0 atom stereocenters. The van der Waals surface area contributed by atoms with Gasteiger partial charge in [0.05, 0.1) is 6.20 Å². The lowest BCUT2D eigenvalue weighted by molar-refractivity contribution is 0.216. The highest BCUT2D eigenvalue weighted by atomic mass is 35.5. The van der Waals surface area contributed by atoms with Crippen LogP contribution in [-0.2, 0) is 0 Å². The zero-order valence-corrected chi connectivity index (χ0v) is 11.4. The minimum absolute atomic E-state index is 0.609. The van der Waals surface area contributed by atoms with Gasteiger partial charge in [-0.05, 0) is 38.2 Å². The van der Waals surface area contributed by atoms with Crippen LogP contribution in [0.2, 0.25) is 5.15 Å². The maximum atomic E-state index is 6.00. The molecular formula is C13H21ClN3+. The third-order valence-electron chi connectivity index (χ3n) is 3.75. The number of aromatic nitrogens is 1. The molecule has 0 radical (unpaired) electrons. The van der Waals surface area contributed by atoms with Crippen molar-refractivity contribution in [3.8, 4) is 0 Å². The summed E-state index contributed by atoms with van der Waals surface area (Å²) < 4.78 is 0.838. The summed E-state index contributed by atoms with van der Waals surface area (Å²) >= 11 is 6.00. The monoisotopic (exact) mass is 254 g/mol. The Bertz CT molecular complexity index is 384. The summed E-state index contributed by atoms with van der Waals surface area (Å²) in [6.45, 7) is 4.29. The first kappa shape index (κ1) is 12.8. The molecule has 0 amide bonds. The zero-order valence-electron chi connectivity index (χ0n) is 10.7. The van der Waals surface area contributed by atoms with E-state index < -0.39 is 0 Å². The van der Waals surface area contributed by atoms with Crippen LogP contribution in [0.15, 0.2) is 12.3 Å². The summed E-state index contributed by atoms with van der Waals surface area (Å²) in [4.78, 5) is 4.29. The van der Waals surface area contributed by atoms with Crippen LogP contribution in [-0.4, -0.2) is 25.1 Å². The van der Waals surface area contributed by atoms with E-state index in [2.05, 4.69) is 16.5 Å². The molecule has 0 aromatic carbocycles. The van der Waals surface area contributed by atoms with Gasteiger partial charge in [0.2, 0.25) is 0 Å². The Balaban J connectivity index is 2.35. The number of halogens is 1. The van der Waals surface area contributed by atoms with E-state index in [1.54, 1.807) is 0 Å². The van der Waals surface area contributed by atoms with Gasteiger partial charge in [-0.3, -0.25) is 0 Å². The average molecular weight is 255 g/mol. The molecule has 0 aliphatic carbocycles. The van der Waals surface area contributed by atoms with Crippen LogP contribution >= 0.6 is 11.6 Å². The number of aryl methyl sites for hydroxylation is 1. The van der Waals surface area contributed by atoms with Crippen molar-refractivity contribution in [1.82, 2.24) is 15.0 Å². The van der Waals surface area contributed by atoms with E-state index in [-0.39, 0.29) is 0 Å². The lowest BCUT2D eigenvalue weighted by atomic mass is 10.2. The summed E-state index contributed by atoms with van der Waals surface area (Å²) in [6, 6.07) is 2.16. The molecule has 1 aliphatic rings. The fraction of sp³-hybridized carbons (Fsp3) is 0.615. The second-order valence-corrected chi connectivity index (χ2v) is 5.21. The van der Waals surface area contributed by atoms with Crippen LogP contribution in [0.25, 0.3) is 0 Å². The van der Waals surface area contributed by atoms with Gasteiger partial charge in [0, 0.05) is 13.1 Å². The number of hydrogen-bond donors (Lipinski definition) is 1. The number of pyridine rings is 1. The van der Waals surface area contributed by atoms with Gasteiger partial charge in [-0.15, -0.1) is 0 Å². The number of hydrogen-bond acceptors (Lipinski definition) is 2. The summed E-state index contributed by atoms with van der Waals surface area (Å²) in [5, 5.41) is 0.609. The van der Waals surface area contributed by atoms with Crippen LogP contribution in [0.1, 0.15) is 31.2 Å². The molecule has 0 saturated carbocycles. The van der Waals surface area contributed by atoms with Gasteiger partial charge in [0.15, 0.2) is 5.69 Å². The van der Waals surface area contributed by atoms with Crippen LogP contribution in [0.5, 0.6) is 0 Å². The minimum atomic E-state index is 0.609. The smallest absolute Gasteiger partial charge is 0.171 e. The van der Waals surface area contributed by atoms with Gasteiger partial charge in [-0.25, -0.2) is 9.58 Å². The first-order valence-corrected chi connectivity index (χ1v) is 6.74. The standard InChI is InChI=1S/C13H21ClN3/c1-11-9-12(10-16-13(11)14)17(15-2)7-5-3-4-6-8-17/h9-10,15H,3-8H2,1-2H3/q+1. The molecule has 0 bridgehead atoms. The predicted molar refractivity (Wildman–Crippen MR) is 73.0 cm³/mol. The highest BCUT2D eigenvalue weighted by molar-refractivity contribution is 6.30. The molecule has 2 rings (SSSR count). The number of quaternary nitrogens is 1. The maximum absolute atomic E-state index is 6.00. The summed E-state index contributed by atoms with van der Waals surface area (Å²) in [7, 11) is 2.04. The molecule has 0 unspecified atom stereocenters. The first-order valence-electron chi connectivity index (χ1n) is 6.37. The Morgan fingerprint density at radius 1 is 1.24 bits per heavy atom. The van der Waals surface area contributed by atoms with E-state index in [0.29, 0.717) is 5.15 Å². The molecule has 0 spiro atoms. The lowest BCUT2D eigenvalue weighted by Crippen LogP contribution is -2.58. The summed E-state index contributed by atoms with van der Waals surface area (Å²) in [5.41, 5.74) is 5.76. The molecule has 94 valence electrons. The Hall–Kier alpha value is -0.640. The van der Waals surface area contributed by atoms with E-state index in [1.165, 1.54) is 31.4 Å². The van der Waals surface area contributed by atoms with E-state index in [4.69, 9.17) is 11.6 Å². The zero-order chi connectivity index (χ0) is 12.3. The average Bonchev–Trinajstić information content (AvgIpc) is 2.59. The van der Waals surface area contributed by atoms with Crippen molar-refractivity contribution in [2.45, 2.75) is 32.6 Å². The van der Waals surface area contributed by atoms with Crippen molar-refractivity contribution in [1.29, 1.82) is 0 Å². The van der Waals surface area contributed by atoms with Gasteiger partial charge in [0.25, 0.3) is 0 Å². The van der Waals surface area contributed by atoms with Crippen molar-refractivity contribution in [3.05, 3.63) is 23.0 Å². The molecule has 1 aromatic rings. The van der Waals surface area contributed by atoms with Gasteiger partial charge in [0.1, 0.15) is 18.2 Å². The SMILES string of the molecule is CN[N+]1(c2cnc(Cl)c(C)c2)CCCCCC1. The molecule has 2 heterocycles. The highest BCUT2D eigenvalue weighted by Gasteiger charge is 2.31. The van der Waals surface area contributed by atoms with E-state index in [1.807, 2.05) is 20.2 Å². The molecule has 3 nitrogen and oxygen atoms in total. The second kappa shape index (κ2) is 5.34. The van der Waals surface area contributed by atoms with Crippen molar-refractivity contribution < 1.29 is 0 Å². The third-order valence-corrected chi connectivity index (χ3v) is 4.15. The highest BCUT2D eigenvalue weighted by Crippen LogP contribution is 2.27. The molecule has 1 saturated heterocycles. The van der Waals surface area contributed by atoms with E-state index in [9.17, 15) is 0 Å². The predicted octanol–water partition coefficient (Wildman–Crippen LogP) is 3.06. The lowest BCUT2D eigenvalue weighted by Gasteiger charge is -2.35. The van der Waals surface area contributed by atoms with Crippen molar-refractivity contribution in [3.63, 3.8) is 0 Å². The number of nitrogens with zero attached hydrogens (tertiary/aromatic N) is 2. The van der Waals surface area contributed by atoms with Crippen LogP contribution < -0.4 is 10.0 Å². The molecule has 1 N–H and O–H groups in total. The molecule has 17 heavy (non-hydrogen) atoms. The van der Waals surface area contributed by atoms with Crippen molar-refractivity contribution in [2.24, 2.45) is 0 Å². The fourth-order valence-electron chi connectivity index (χ4n) is 2.62. The Kier molecular flexibility index (Phi) is 4.02. The second-order valence-electron chi connectivity index (χ2n) is 4.85. The summed E-state index contributed by atoms with van der Waals surface area (Å²) in [5.74, 6) is 0. The largest absolute Gasteiger partial charge is 0.238 e.